The van der Waals surface area contributed by atoms with Crippen molar-refractivity contribution in [3.05, 3.63) is 0 Å². The predicted molar refractivity (Wildman–Crippen MR) is 66.3 cm³/mol. The van der Waals surface area contributed by atoms with Gasteiger partial charge in [0.2, 0.25) is 0 Å². The van der Waals surface area contributed by atoms with Gasteiger partial charge in [-0.3, -0.25) is 4.90 Å². The molecule has 0 aromatic heterocycles. The monoisotopic (exact) mass is 216 g/mol. The third-order valence-electron chi connectivity index (χ3n) is 2.98. The van der Waals surface area contributed by atoms with E-state index in [1.165, 1.54) is 0 Å². The van der Waals surface area contributed by atoms with E-state index in [9.17, 15) is 0 Å². The standard InChI is InChI=1S/C10H22N2O.C2H6/c1-10(2)8-11-5-6-12(3)9(10)7-13-4;1-2/h9,11H,5-8H2,1-4H3;1-2H3. The molecule has 1 aliphatic heterocycles. The molecule has 1 heterocycles. The van der Waals surface area contributed by atoms with E-state index in [0.717, 1.165) is 26.2 Å². The number of nitrogens with zero attached hydrogens (tertiary/aromatic N) is 1. The Kier molecular flexibility index (Phi) is 7.14. The molecular formula is C12H28N2O. The summed E-state index contributed by atoms with van der Waals surface area (Å²) in [5, 5.41) is 3.46. The van der Waals surface area contributed by atoms with Crippen LogP contribution in [-0.4, -0.2) is 51.3 Å². The Morgan fingerprint density at radius 2 is 2.00 bits per heavy atom. The third kappa shape index (κ3) is 4.49. The summed E-state index contributed by atoms with van der Waals surface area (Å²) >= 11 is 0. The van der Waals surface area contributed by atoms with Crippen molar-refractivity contribution in [2.45, 2.75) is 33.7 Å². The highest BCUT2D eigenvalue weighted by Gasteiger charge is 2.33. The van der Waals surface area contributed by atoms with Crippen molar-refractivity contribution in [3.63, 3.8) is 0 Å². The van der Waals surface area contributed by atoms with Gasteiger partial charge in [0.05, 0.1) is 6.61 Å². The fourth-order valence-electron chi connectivity index (χ4n) is 2.05. The molecule has 3 nitrogen and oxygen atoms in total. The Morgan fingerprint density at radius 3 is 2.53 bits per heavy atom. The lowest BCUT2D eigenvalue weighted by Crippen LogP contribution is -2.47. The van der Waals surface area contributed by atoms with Crippen LogP contribution in [-0.2, 0) is 4.74 Å². The highest BCUT2D eigenvalue weighted by Crippen LogP contribution is 2.25. The number of likely N-dealkylation sites (N-methyl/N-ethyl adjacent to an activating group) is 1. The van der Waals surface area contributed by atoms with Crippen molar-refractivity contribution >= 4 is 0 Å². The molecule has 1 N–H and O–H groups in total. The molecule has 0 aliphatic carbocycles. The second kappa shape index (κ2) is 7.20. The van der Waals surface area contributed by atoms with Crippen molar-refractivity contribution in [1.29, 1.82) is 0 Å². The number of hydrogen-bond donors (Lipinski definition) is 1. The number of rotatable bonds is 2. The Bertz CT molecular complexity index is 160. The summed E-state index contributed by atoms with van der Waals surface area (Å²) in [4.78, 5) is 2.39. The van der Waals surface area contributed by atoms with E-state index in [4.69, 9.17) is 4.74 Å². The number of methoxy groups -OCH3 is 1. The average molecular weight is 216 g/mol. The molecule has 0 aromatic rings. The van der Waals surface area contributed by atoms with Crippen LogP contribution >= 0.6 is 0 Å². The van der Waals surface area contributed by atoms with Crippen LogP contribution in [0.2, 0.25) is 0 Å². The van der Waals surface area contributed by atoms with E-state index >= 15 is 0 Å². The summed E-state index contributed by atoms with van der Waals surface area (Å²) in [5.41, 5.74) is 0.293. The maximum atomic E-state index is 5.27. The topological polar surface area (TPSA) is 24.5 Å². The fourth-order valence-corrected chi connectivity index (χ4v) is 2.05. The second-order valence-corrected chi connectivity index (χ2v) is 4.62. The van der Waals surface area contributed by atoms with Gasteiger partial charge >= 0.3 is 0 Å². The SMILES string of the molecule is CC.COCC1N(C)CCNCC1(C)C. The summed E-state index contributed by atoms with van der Waals surface area (Å²) in [6.45, 7) is 12.7. The van der Waals surface area contributed by atoms with Gasteiger partial charge in [-0.25, -0.2) is 0 Å². The van der Waals surface area contributed by atoms with Crippen LogP contribution < -0.4 is 5.32 Å². The Morgan fingerprint density at radius 1 is 1.40 bits per heavy atom. The minimum Gasteiger partial charge on any atom is -0.383 e. The minimum atomic E-state index is 0.293. The molecule has 1 fully saturated rings. The molecule has 1 atom stereocenters. The van der Waals surface area contributed by atoms with Crippen LogP contribution in [0.4, 0.5) is 0 Å². The van der Waals surface area contributed by atoms with Gasteiger partial charge < -0.3 is 10.1 Å². The van der Waals surface area contributed by atoms with E-state index in [1.54, 1.807) is 7.11 Å². The molecule has 0 spiro atoms. The summed E-state index contributed by atoms with van der Waals surface area (Å²) in [6.07, 6.45) is 0. The summed E-state index contributed by atoms with van der Waals surface area (Å²) in [7, 11) is 3.96. The molecule has 15 heavy (non-hydrogen) atoms. The highest BCUT2D eigenvalue weighted by molar-refractivity contribution is 4.89. The predicted octanol–water partition coefficient (Wildman–Crippen LogP) is 1.59. The van der Waals surface area contributed by atoms with E-state index in [0.29, 0.717) is 11.5 Å². The largest absolute Gasteiger partial charge is 0.383 e. The van der Waals surface area contributed by atoms with E-state index in [1.807, 2.05) is 13.8 Å². The molecule has 1 aliphatic rings. The summed E-state index contributed by atoms with van der Waals surface area (Å²) in [5.74, 6) is 0. The third-order valence-corrected chi connectivity index (χ3v) is 2.98. The Hall–Kier alpha value is -0.120. The highest BCUT2D eigenvalue weighted by atomic mass is 16.5. The lowest BCUT2D eigenvalue weighted by Gasteiger charge is -2.37. The van der Waals surface area contributed by atoms with Gasteiger partial charge in [0.15, 0.2) is 0 Å². The Labute approximate surface area is 95.2 Å². The van der Waals surface area contributed by atoms with Crippen molar-refractivity contribution in [1.82, 2.24) is 10.2 Å². The van der Waals surface area contributed by atoms with Gasteiger partial charge in [-0.05, 0) is 12.5 Å². The molecule has 0 aromatic carbocycles. The quantitative estimate of drug-likeness (QED) is 0.758. The zero-order valence-electron chi connectivity index (χ0n) is 11.3. The first kappa shape index (κ1) is 14.9. The van der Waals surface area contributed by atoms with Gasteiger partial charge in [0.25, 0.3) is 0 Å². The summed E-state index contributed by atoms with van der Waals surface area (Å²) in [6, 6.07) is 0.521. The molecule has 1 rings (SSSR count). The average Bonchev–Trinajstić information content (AvgIpc) is 2.34. The lowest BCUT2D eigenvalue weighted by molar-refractivity contribution is 0.0484. The molecule has 1 unspecified atom stereocenters. The molecule has 0 bridgehead atoms. The van der Waals surface area contributed by atoms with Crippen LogP contribution in [0.5, 0.6) is 0 Å². The molecule has 3 heteroatoms. The maximum Gasteiger partial charge on any atom is 0.0623 e. The molecular weight excluding hydrogens is 188 g/mol. The second-order valence-electron chi connectivity index (χ2n) is 4.62. The molecule has 0 radical (unpaired) electrons. The van der Waals surface area contributed by atoms with Crippen LogP contribution in [0, 0.1) is 5.41 Å². The van der Waals surface area contributed by atoms with E-state index in [2.05, 4.69) is 31.1 Å². The smallest absolute Gasteiger partial charge is 0.0623 e. The van der Waals surface area contributed by atoms with Crippen molar-refractivity contribution < 1.29 is 4.74 Å². The Balaban J connectivity index is 0.000000921. The normalized spacial score (nSPS) is 26.4. The fraction of sp³-hybridized carbons (Fsp3) is 1.00. The number of ether oxygens (including phenoxy) is 1. The zero-order valence-corrected chi connectivity index (χ0v) is 11.3. The number of nitrogens with one attached hydrogen (secondary N) is 1. The van der Waals surface area contributed by atoms with Gasteiger partial charge in [0, 0.05) is 32.8 Å². The first-order chi connectivity index (χ1) is 7.08. The summed E-state index contributed by atoms with van der Waals surface area (Å²) < 4.78 is 5.27. The first-order valence-electron chi connectivity index (χ1n) is 5.98. The zero-order chi connectivity index (χ0) is 11.9. The van der Waals surface area contributed by atoms with Gasteiger partial charge in [-0.2, -0.15) is 0 Å². The minimum absolute atomic E-state index is 0.293. The van der Waals surface area contributed by atoms with Crippen LogP contribution in [0.1, 0.15) is 27.7 Å². The molecule has 0 amide bonds. The lowest BCUT2D eigenvalue weighted by atomic mass is 9.84. The van der Waals surface area contributed by atoms with Crippen molar-refractivity contribution in [3.8, 4) is 0 Å². The van der Waals surface area contributed by atoms with Crippen molar-refractivity contribution in [2.75, 3.05) is 40.4 Å². The molecule has 92 valence electrons. The maximum absolute atomic E-state index is 5.27. The van der Waals surface area contributed by atoms with Gasteiger partial charge in [0.1, 0.15) is 0 Å². The molecule has 1 saturated heterocycles. The van der Waals surface area contributed by atoms with Crippen molar-refractivity contribution in [2.24, 2.45) is 5.41 Å². The number of hydrogen-bond acceptors (Lipinski definition) is 3. The van der Waals surface area contributed by atoms with E-state index < -0.39 is 0 Å². The van der Waals surface area contributed by atoms with E-state index in [-0.39, 0.29) is 0 Å². The van der Waals surface area contributed by atoms with Crippen LogP contribution in [0.25, 0.3) is 0 Å². The van der Waals surface area contributed by atoms with Crippen LogP contribution in [0.15, 0.2) is 0 Å². The van der Waals surface area contributed by atoms with Gasteiger partial charge in [-0.1, -0.05) is 27.7 Å². The molecule has 0 saturated carbocycles. The van der Waals surface area contributed by atoms with Gasteiger partial charge in [-0.15, -0.1) is 0 Å². The first-order valence-corrected chi connectivity index (χ1v) is 5.98. The van der Waals surface area contributed by atoms with Crippen LogP contribution in [0.3, 0.4) is 0 Å².